The van der Waals surface area contributed by atoms with Crippen LogP contribution in [0.3, 0.4) is 0 Å². The number of nitrogens with one attached hydrogen (secondary N) is 1. The van der Waals surface area contributed by atoms with Gasteiger partial charge in [0.15, 0.2) is 0 Å². The molecule has 4 heteroatoms. The summed E-state index contributed by atoms with van der Waals surface area (Å²) in [7, 11) is 0. The summed E-state index contributed by atoms with van der Waals surface area (Å²) in [5.41, 5.74) is 0. The van der Waals surface area contributed by atoms with Gasteiger partial charge in [-0.05, 0) is 25.3 Å². The zero-order chi connectivity index (χ0) is 12.0. The fourth-order valence-corrected chi connectivity index (χ4v) is 2.19. The monoisotopic (exact) mass is 243 g/mol. The third-order valence-corrected chi connectivity index (χ3v) is 3.87. The quantitative estimate of drug-likeness (QED) is 0.769. The average molecular weight is 243 g/mol. The number of rotatable bonds is 7. The minimum absolute atomic E-state index is 0.202. The predicted molar refractivity (Wildman–Crippen MR) is 68.8 cm³/mol. The lowest BCUT2D eigenvalue weighted by atomic mass is 10.2. The second-order valence-corrected chi connectivity index (χ2v) is 4.92. The molecule has 3 nitrogen and oxygen atoms in total. The molecular weight excluding hydrogens is 222 g/mol. The van der Waals surface area contributed by atoms with Crippen molar-refractivity contribution >= 4 is 11.8 Å². The highest BCUT2D eigenvalue weighted by Gasteiger charge is 2.14. The first-order chi connectivity index (χ1) is 7.71. The molecule has 2 N–H and O–H groups in total. The standard InChI is InChI=1S/C12H21NO2S/c1-4-10-5-6-11(15-10)7-13-9(2)12(8-14)16-3/h5-6,9,12-14H,4,7-8H2,1-3H3. The van der Waals surface area contributed by atoms with Crippen LogP contribution in [0.2, 0.25) is 0 Å². The summed E-state index contributed by atoms with van der Waals surface area (Å²) in [6.07, 6.45) is 2.95. The van der Waals surface area contributed by atoms with E-state index in [-0.39, 0.29) is 17.9 Å². The van der Waals surface area contributed by atoms with Crippen molar-refractivity contribution in [2.75, 3.05) is 12.9 Å². The van der Waals surface area contributed by atoms with E-state index < -0.39 is 0 Å². The molecule has 0 bridgehead atoms. The highest BCUT2D eigenvalue weighted by atomic mass is 32.2. The molecule has 0 saturated carbocycles. The summed E-state index contributed by atoms with van der Waals surface area (Å²) in [6.45, 7) is 5.08. The van der Waals surface area contributed by atoms with Crippen LogP contribution in [0.5, 0.6) is 0 Å². The van der Waals surface area contributed by atoms with Gasteiger partial charge in [0.25, 0.3) is 0 Å². The SMILES string of the molecule is CCc1ccc(CNC(C)C(CO)SC)o1. The van der Waals surface area contributed by atoms with E-state index in [1.54, 1.807) is 11.8 Å². The van der Waals surface area contributed by atoms with E-state index in [2.05, 4.69) is 19.2 Å². The Kier molecular flexibility index (Phi) is 5.95. The van der Waals surface area contributed by atoms with Crippen molar-refractivity contribution in [3.05, 3.63) is 23.7 Å². The molecule has 0 aliphatic heterocycles. The summed E-state index contributed by atoms with van der Waals surface area (Å²) in [4.78, 5) is 0. The lowest BCUT2D eigenvalue weighted by molar-refractivity contribution is 0.274. The molecule has 0 radical (unpaired) electrons. The third-order valence-electron chi connectivity index (χ3n) is 2.70. The van der Waals surface area contributed by atoms with Crippen LogP contribution in [0.4, 0.5) is 0 Å². The van der Waals surface area contributed by atoms with E-state index in [0.29, 0.717) is 0 Å². The van der Waals surface area contributed by atoms with E-state index in [0.717, 1.165) is 24.5 Å². The van der Waals surface area contributed by atoms with Gasteiger partial charge < -0.3 is 14.8 Å². The highest BCUT2D eigenvalue weighted by molar-refractivity contribution is 7.99. The maximum absolute atomic E-state index is 9.15. The van der Waals surface area contributed by atoms with Gasteiger partial charge in [-0.15, -0.1) is 0 Å². The van der Waals surface area contributed by atoms with Crippen molar-refractivity contribution in [2.45, 2.75) is 38.1 Å². The van der Waals surface area contributed by atoms with Crippen molar-refractivity contribution in [1.29, 1.82) is 0 Å². The fourth-order valence-electron chi connectivity index (χ4n) is 1.54. The van der Waals surface area contributed by atoms with Gasteiger partial charge in [0.2, 0.25) is 0 Å². The number of aryl methyl sites for hydroxylation is 1. The van der Waals surface area contributed by atoms with Crippen molar-refractivity contribution in [2.24, 2.45) is 0 Å². The molecule has 0 amide bonds. The smallest absolute Gasteiger partial charge is 0.117 e. The zero-order valence-corrected chi connectivity index (χ0v) is 11.0. The molecule has 1 aromatic rings. The maximum atomic E-state index is 9.15. The van der Waals surface area contributed by atoms with Gasteiger partial charge in [-0.1, -0.05) is 6.92 Å². The fraction of sp³-hybridized carbons (Fsp3) is 0.667. The Morgan fingerprint density at radius 2 is 2.12 bits per heavy atom. The Labute approximate surface area is 102 Å². The molecular formula is C12H21NO2S. The van der Waals surface area contributed by atoms with Gasteiger partial charge in [-0.2, -0.15) is 11.8 Å². The summed E-state index contributed by atoms with van der Waals surface area (Å²) in [6, 6.07) is 4.29. The second kappa shape index (κ2) is 6.99. The van der Waals surface area contributed by atoms with Crippen molar-refractivity contribution in [3.63, 3.8) is 0 Å². The number of hydrogen-bond donors (Lipinski definition) is 2. The Morgan fingerprint density at radius 3 is 2.62 bits per heavy atom. The van der Waals surface area contributed by atoms with E-state index >= 15 is 0 Å². The number of aliphatic hydroxyl groups is 1. The minimum atomic E-state index is 0.202. The van der Waals surface area contributed by atoms with Crippen LogP contribution in [-0.2, 0) is 13.0 Å². The van der Waals surface area contributed by atoms with Gasteiger partial charge in [0, 0.05) is 17.7 Å². The molecule has 0 spiro atoms. The molecule has 0 saturated heterocycles. The van der Waals surface area contributed by atoms with Gasteiger partial charge in [0.1, 0.15) is 11.5 Å². The van der Waals surface area contributed by atoms with Crippen molar-refractivity contribution in [3.8, 4) is 0 Å². The molecule has 0 aliphatic carbocycles. The summed E-state index contributed by atoms with van der Waals surface area (Å²) < 4.78 is 5.60. The van der Waals surface area contributed by atoms with Crippen LogP contribution in [0, 0.1) is 0 Å². The van der Waals surface area contributed by atoms with E-state index in [9.17, 15) is 0 Å². The van der Waals surface area contributed by atoms with E-state index in [1.165, 1.54) is 0 Å². The largest absolute Gasteiger partial charge is 0.465 e. The molecule has 0 aromatic carbocycles. The van der Waals surface area contributed by atoms with Crippen LogP contribution in [-0.4, -0.2) is 29.3 Å². The Morgan fingerprint density at radius 1 is 1.44 bits per heavy atom. The van der Waals surface area contributed by atoms with Crippen LogP contribution < -0.4 is 5.32 Å². The predicted octanol–water partition coefficient (Wildman–Crippen LogP) is 2.04. The van der Waals surface area contributed by atoms with Crippen LogP contribution in [0.15, 0.2) is 16.5 Å². The maximum Gasteiger partial charge on any atom is 0.117 e. The van der Waals surface area contributed by atoms with Crippen LogP contribution in [0.1, 0.15) is 25.4 Å². The Balaban J connectivity index is 2.38. The van der Waals surface area contributed by atoms with Crippen molar-refractivity contribution < 1.29 is 9.52 Å². The van der Waals surface area contributed by atoms with Crippen LogP contribution in [0.25, 0.3) is 0 Å². The summed E-state index contributed by atoms with van der Waals surface area (Å²) in [5, 5.41) is 12.8. The lowest BCUT2D eigenvalue weighted by Gasteiger charge is -2.20. The molecule has 92 valence electrons. The first-order valence-electron chi connectivity index (χ1n) is 5.65. The molecule has 1 heterocycles. The lowest BCUT2D eigenvalue weighted by Crippen LogP contribution is -2.36. The molecule has 0 fully saturated rings. The highest BCUT2D eigenvalue weighted by Crippen LogP contribution is 2.12. The first-order valence-corrected chi connectivity index (χ1v) is 6.94. The molecule has 0 aliphatic rings. The Hall–Kier alpha value is -0.450. The zero-order valence-electron chi connectivity index (χ0n) is 10.2. The molecule has 1 rings (SSSR count). The number of aliphatic hydroxyl groups excluding tert-OH is 1. The summed E-state index contributed by atoms with van der Waals surface area (Å²) >= 11 is 1.68. The normalized spacial score (nSPS) is 15.0. The second-order valence-electron chi connectivity index (χ2n) is 3.85. The molecule has 1 aromatic heterocycles. The number of thioether (sulfide) groups is 1. The number of hydrogen-bond acceptors (Lipinski definition) is 4. The molecule has 2 unspecified atom stereocenters. The average Bonchev–Trinajstić information content (AvgIpc) is 2.76. The summed E-state index contributed by atoms with van der Waals surface area (Å²) in [5.74, 6) is 1.98. The van der Waals surface area contributed by atoms with E-state index in [1.807, 2.05) is 18.4 Å². The first kappa shape index (κ1) is 13.6. The van der Waals surface area contributed by atoms with Gasteiger partial charge >= 0.3 is 0 Å². The third kappa shape index (κ3) is 3.85. The minimum Gasteiger partial charge on any atom is -0.465 e. The number of furan rings is 1. The van der Waals surface area contributed by atoms with E-state index in [4.69, 9.17) is 9.52 Å². The van der Waals surface area contributed by atoms with Crippen LogP contribution >= 0.6 is 11.8 Å². The molecule has 2 atom stereocenters. The Bertz CT molecular complexity index is 297. The van der Waals surface area contributed by atoms with Gasteiger partial charge in [-0.25, -0.2) is 0 Å². The van der Waals surface area contributed by atoms with Crippen molar-refractivity contribution in [1.82, 2.24) is 5.32 Å². The van der Waals surface area contributed by atoms with Gasteiger partial charge in [-0.3, -0.25) is 0 Å². The molecule has 16 heavy (non-hydrogen) atoms. The topological polar surface area (TPSA) is 45.4 Å². The van der Waals surface area contributed by atoms with Gasteiger partial charge in [0.05, 0.1) is 13.2 Å².